The zero-order valence-corrected chi connectivity index (χ0v) is 11.1. The molecular weight excluding hydrogens is 200 g/mol. The normalized spacial score (nSPS) is 23.2. The molecule has 0 radical (unpaired) electrons. The fourth-order valence-corrected chi connectivity index (χ4v) is 2.59. The van der Waals surface area contributed by atoms with Gasteiger partial charge in [-0.1, -0.05) is 27.7 Å². The van der Waals surface area contributed by atoms with Crippen molar-refractivity contribution in [1.29, 1.82) is 0 Å². The summed E-state index contributed by atoms with van der Waals surface area (Å²) in [6, 6.07) is 0.494. The Balaban J connectivity index is 2.55. The Hall–Kier alpha value is -0.570. The molecule has 1 saturated heterocycles. The van der Waals surface area contributed by atoms with Crippen LogP contribution in [0.25, 0.3) is 0 Å². The number of nitrogens with zero attached hydrogens (tertiary/aromatic N) is 1. The van der Waals surface area contributed by atoms with Gasteiger partial charge in [0.15, 0.2) is 0 Å². The van der Waals surface area contributed by atoms with Gasteiger partial charge in [0, 0.05) is 12.6 Å². The van der Waals surface area contributed by atoms with Gasteiger partial charge in [-0.15, -0.1) is 0 Å². The summed E-state index contributed by atoms with van der Waals surface area (Å²) in [5.74, 6) is 0.868. The van der Waals surface area contributed by atoms with E-state index in [2.05, 4.69) is 37.9 Å². The molecule has 1 aliphatic rings. The van der Waals surface area contributed by atoms with Gasteiger partial charge in [0.1, 0.15) is 0 Å². The van der Waals surface area contributed by atoms with Gasteiger partial charge in [-0.25, -0.2) is 0 Å². The SMILES string of the molecule is CCCNC1CCN(C(CC)C(C)C)C1=O. The van der Waals surface area contributed by atoms with E-state index in [0.717, 1.165) is 32.4 Å². The molecule has 0 saturated carbocycles. The highest BCUT2D eigenvalue weighted by atomic mass is 16.2. The van der Waals surface area contributed by atoms with Crippen LogP contribution in [0.3, 0.4) is 0 Å². The summed E-state index contributed by atoms with van der Waals surface area (Å²) >= 11 is 0. The van der Waals surface area contributed by atoms with Crippen molar-refractivity contribution in [3.05, 3.63) is 0 Å². The van der Waals surface area contributed by atoms with E-state index in [4.69, 9.17) is 0 Å². The Morgan fingerprint density at radius 2 is 2.12 bits per heavy atom. The summed E-state index contributed by atoms with van der Waals surface area (Å²) in [5.41, 5.74) is 0. The first kappa shape index (κ1) is 13.5. The first-order chi connectivity index (χ1) is 7.61. The van der Waals surface area contributed by atoms with Crippen LogP contribution in [-0.4, -0.2) is 36.0 Å². The molecule has 3 nitrogen and oxygen atoms in total. The minimum atomic E-state index is 0.0766. The first-order valence-electron chi connectivity index (χ1n) is 6.65. The molecule has 94 valence electrons. The van der Waals surface area contributed by atoms with Crippen molar-refractivity contribution in [2.24, 2.45) is 5.92 Å². The number of amides is 1. The maximum absolute atomic E-state index is 12.2. The molecule has 1 heterocycles. The molecule has 1 rings (SSSR count). The van der Waals surface area contributed by atoms with Crippen LogP contribution in [0.2, 0.25) is 0 Å². The average molecular weight is 226 g/mol. The number of carbonyl (C=O) groups is 1. The zero-order valence-electron chi connectivity index (χ0n) is 11.1. The molecule has 0 aromatic carbocycles. The van der Waals surface area contributed by atoms with Crippen LogP contribution in [0.1, 0.15) is 47.0 Å². The van der Waals surface area contributed by atoms with Crippen molar-refractivity contribution in [1.82, 2.24) is 10.2 Å². The van der Waals surface area contributed by atoms with Crippen molar-refractivity contribution in [2.45, 2.75) is 59.0 Å². The molecule has 2 unspecified atom stereocenters. The third-order valence-electron chi connectivity index (χ3n) is 3.47. The highest BCUT2D eigenvalue weighted by Gasteiger charge is 2.35. The van der Waals surface area contributed by atoms with E-state index in [9.17, 15) is 4.79 Å². The Morgan fingerprint density at radius 3 is 2.62 bits per heavy atom. The Labute approximate surface area is 99.6 Å². The maximum atomic E-state index is 12.2. The fraction of sp³-hybridized carbons (Fsp3) is 0.923. The third-order valence-corrected chi connectivity index (χ3v) is 3.47. The monoisotopic (exact) mass is 226 g/mol. The maximum Gasteiger partial charge on any atom is 0.240 e. The molecule has 3 heteroatoms. The number of rotatable bonds is 6. The van der Waals surface area contributed by atoms with Crippen molar-refractivity contribution < 1.29 is 4.79 Å². The molecular formula is C13H26N2O. The second-order valence-corrected chi connectivity index (χ2v) is 5.05. The van der Waals surface area contributed by atoms with E-state index >= 15 is 0 Å². The Morgan fingerprint density at radius 1 is 1.44 bits per heavy atom. The van der Waals surface area contributed by atoms with Crippen LogP contribution in [-0.2, 0) is 4.79 Å². The highest BCUT2D eigenvalue weighted by molar-refractivity contribution is 5.84. The van der Waals surface area contributed by atoms with Crippen LogP contribution in [0.15, 0.2) is 0 Å². The molecule has 0 aromatic heterocycles. The second kappa shape index (κ2) is 6.24. The lowest BCUT2D eigenvalue weighted by atomic mass is 10.0. The molecule has 1 fully saturated rings. The molecule has 0 aliphatic carbocycles. The summed E-state index contributed by atoms with van der Waals surface area (Å²) in [7, 11) is 0. The van der Waals surface area contributed by atoms with Gasteiger partial charge in [0.2, 0.25) is 5.91 Å². The number of carbonyl (C=O) groups excluding carboxylic acids is 1. The summed E-state index contributed by atoms with van der Waals surface area (Å²) < 4.78 is 0. The fourth-order valence-electron chi connectivity index (χ4n) is 2.59. The number of hydrogen-bond donors (Lipinski definition) is 1. The third kappa shape index (κ3) is 2.97. The Bertz CT molecular complexity index is 228. The smallest absolute Gasteiger partial charge is 0.240 e. The van der Waals surface area contributed by atoms with E-state index in [1.165, 1.54) is 0 Å². The summed E-state index contributed by atoms with van der Waals surface area (Å²) in [6.07, 6.45) is 3.12. The van der Waals surface area contributed by atoms with E-state index < -0.39 is 0 Å². The second-order valence-electron chi connectivity index (χ2n) is 5.05. The topological polar surface area (TPSA) is 32.3 Å². The van der Waals surface area contributed by atoms with Gasteiger partial charge in [-0.05, 0) is 31.7 Å². The summed E-state index contributed by atoms with van der Waals surface area (Å²) in [5, 5.41) is 3.34. The van der Waals surface area contributed by atoms with E-state index in [-0.39, 0.29) is 6.04 Å². The minimum Gasteiger partial charge on any atom is -0.338 e. The van der Waals surface area contributed by atoms with Crippen LogP contribution in [0.5, 0.6) is 0 Å². The number of nitrogens with one attached hydrogen (secondary N) is 1. The van der Waals surface area contributed by atoms with Gasteiger partial charge >= 0.3 is 0 Å². The molecule has 1 aliphatic heterocycles. The average Bonchev–Trinajstić information content (AvgIpc) is 2.59. The van der Waals surface area contributed by atoms with E-state index in [1.54, 1.807) is 0 Å². The molecule has 16 heavy (non-hydrogen) atoms. The molecule has 2 atom stereocenters. The molecule has 0 spiro atoms. The van der Waals surface area contributed by atoms with Gasteiger partial charge < -0.3 is 10.2 Å². The quantitative estimate of drug-likeness (QED) is 0.751. The first-order valence-corrected chi connectivity index (χ1v) is 6.65. The molecule has 0 aromatic rings. The predicted octanol–water partition coefficient (Wildman–Crippen LogP) is 2.02. The summed E-state index contributed by atoms with van der Waals surface area (Å²) in [4.78, 5) is 14.3. The van der Waals surface area contributed by atoms with Crippen LogP contribution in [0, 0.1) is 5.92 Å². The number of likely N-dealkylation sites (tertiary alicyclic amines) is 1. The lowest BCUT2D eigenvalue weighted by Crippen LogP contribution is -2.44. The van der Waals surface area contributed by atoms with Crippen molar-refractivity contribution >= 4 is 5.91 Å². The van der Waals surface area contributed by atoms with Gasteiger partial charge in [-0.3, -0.25) is 4.79 Å². The lowest BCUT2D eigenvalue weighted by molar-refractivity contribution is -0.132. The standard InChI is InChI=1S/C13H26N2O/c1-5-8-14-11-7-9-15(13(11)16)12(6-2)10(3)4/h10-12,14H,5-9H2,1-4H3. The van der Waals surface area contributed by atoms with Crippen molar-refractivity contribution in [2.75, 3.05) is 13.1 Å². The molecule has 0 bridgehead atoms. The predicted molar refractivity (Wildman–Crippen MR) is 67.3 cm³/mol. The largest absolute Gasteiger partial charge is 0.338 e. The molecule has 1 N–H and O–H groups in total. The van der Waals surface area contributed by atoms with Gasteiger partial charge in [-0.2, -0.15) is 0 Å². The lowest BCUT2D eigenvalue weighted by Gasteiger charge is -2.30. The van der Waals surface area contributed by atoms with Gasteiger partial charge in [0.05, 0.1) is 6.04 Å². The minimum absolute atomic E-state index is 0.0766. The summed E-state index contributed by atoms with van der Waals surface area (Å²) in [6.45, 7) is 10.6. The van der Waals surface area contributed by atoms with E-state index in [0.29, 0.717) is 17.9 Å². The van der Waals surface area contributed by atoms with E-state index in [1.807, 2.05) is 0 Å². The van der Waals surface area contributed by atoms with Crippen LogP contribution < -0.4 is 5.32 Å². The number of hydrogen-bond acceptors (Lipinski definition) is 2. The molecule has 1 amide bonds. The zero-order chi connectivity index (χ0) is 12.1. The highest BCUT2D eigenvalue weighted by Crippen LogP contribution is 2.21. The van der Waals surface area contributed by atoms with Crippen molar-refractivity contribution in [3.8, 4) is 0 Å². The van der Waals surface area contributed by atoms with Crippen LogP contribution >= 0.6 is 0 Å². The Kier molecular flexibility index (Phi) is 5.26. The van der Waals surface area contributed by atoms with Gasteiger partial charge in [0.25, 0.3) is 0 Å². The van der Waals surface area contributed by atoms with Crippen LogP contribution in [0.4, 0.5) is 0 Å². The van der Waals surface area contributed by atoms with Crippen molar-refractivity contribution in [3.63, 3.8) is 0 Å².